The first-order valence-electron chi connectivity index (χ1n) is 10.2. The molecular formula is C26H26O5. The SMILES string of the molecule is Cc1cccc(C)c1OCC(=O)Oc1ccc(C(=O)OCCCc2ccccc2)cc1. The summed E-state index contributed by atoms with van der Waals surface area (Å²) in [5, 5.41) is 0. The lowest BCUT2D eigenvalue weighted by Gasteiger charge is -2.11. The van der Waals surface area contributed by atoms with Crippen molar-refractivity contribution in [1.82, 2.24) is 0 Å². The lowest BCUT2D eigenvalue weighted by molar-refractivity contribution is -0.136. The molecule has 0 N–H and O–H groups in total. The highest BCUT2D eigenvalue weighted by atomic mass is 16.6. The van der Waals surface area contributed by atoms with E-state index in [4.69, 9.17) is 14.2 Å². The van der Waals surface area contributed by atoms with Gasteiger partial charge in [-0.05, 0) is 67.6 Å². The van der Waals surface area contributed by atoms with Crippen LogP contribution in [0.15, 0.2) is 72.8 Å². The van der Waals surface area contributed by atoms with Crippen LogP contribution in [0.3, 0.4) is 0 Å². The van der Waals surface area contributed by atoms with E-state index >= 15 is 0 Å². The molecule has 31 heavy (non-hydrogen) atoms. The van der Waals surface area contributed by atoms with Crippen LogP contribution < -0.4 is 9.47 Å². The quantitative estimate of drug-likeness (QED) is 0.276. The highest BCUT2D eigenvalue weighted by Crippen LogP contribution is 2.22. The van der Waals surface area contributed by atoms with E-state index in [0.29, 0.717) is 23.7 Å². The van der Waals surface area contributed by atoms with Gasteiger partial charge < -0.3 is 14.2 Å². The molecule has 0 aliphatic carbocycles. The summed E-state index contributed by atoms with van der Waals surface area (Å²) < 4.78 is 16.2. The molecule has 0 heterocycles. The lowest BCUT2D eigenvalue weighted by atomic mass is 10.1. The van der Waals surface area contributed by atoms with Gasteiger partial charge in [0.05, 0.1) is 12.2 Å². The highest BCUT2D eigenvalue weighted by Gasteiger charge is 2.11. The number of esters is 2. The van der Waals surface area contributed by atoms with Gasteiger partial charge in [0.2, 0.25) is 0 Å². The molecule has 0 aliphatic rings. The minimum atomic E-state index is -0.515. The zero-order chi connectivity index (χ0) is 22.1. The number of carbonyl (C=O) groups excluding carboxylic acids is 2. The normalized spacial score (nSPS) is 10.4. The fraction of sp³-hybridized carbons (Fsp3) is 0.231. The van der Waals surface area contributed by atoms with Gasteiger partial charge in [0.15, 0.2) is 6.61 Å². The van der Waals surface area contributed by atoms with Crippen molar-refractivity contribution in [3.8, 4) is 11.5 Å². The van der Waals surface area contributed by atoms with Gasteiger partial charge in [0.25, 0.3) is 0 Å². The van der Waals surface area contributed by atoms with E-state index in [2.05, 4.69) is 12.1 Å². The fourth-order valence-electron chi connectivity index (χ4n) is 3.15. The third kappa shape index (κ3) is 6.71. The Morgan fingerprint density at radius 2 is 1.48 bits per heavy atom. The van der Waals surface area contributed by atoms with Gasteiger partial charge in [0.1, 0.15) is 11.5 Å². The molecule has 0 aromatic heterocycles. The van der Waals surface area contributed by atoms with Crippen molar-refractivity contribution in [2.75, 3.05) is 13.2 Å². The van der Waals surface area contributed by atoms with Gasteiger partial charge in [-0.2, -0.15) is 0 Å². The molecule has 0 saturated carbocycles. The first kappa shape index (κ1) is 22.1. The molecule has 0 unspecified atom stereocenters. The minimum Gasteiger partial charge on any atom is -0.481 e. The second-order valence-electron chi connectivity index (χ2n) is 7.23. The smallest absolute Gasteiger partial charge is 0.349 e. The molecule has 0 saturated heterocycles. The van der Waals surface area contributed by atoms with Crippen molar-refractivity contribution in [2.24, 2.45) is 0 Å². The highest BCUT2D eigenvalue weighted by molar-refractivity contribution is 5.89. The van der Waals surface area contributed by atoms with E-state index < -0.39 is 11.9 Å². The second kappa shape index (κ2) is 11.0. The van der Waals surface area contributed by atoms with Crippen LogP contribution in [0.25, 0.3) is 0 Å². The average Bonchev–Trinajstić information content (AvgIpc) is 2.77. The van der Waals surface area contributed by atoms with Crippen molar-refractivity contribution < 1.29 is 23.8 Å². The van der Waals surface area contributed by atoms with Crippen molar-refractivity contribution in [2.45, 2.75) is 26.7 Å². The molecule has 3 aromatic carbocycles. The van der Waals surface area contributed by atoms with Crippen LogP contribution in [0.5, 0.6) is 11.5 Å². The molecule has 3 rings (SSSR count). The van der Waals surface area contributed by atoms with Gasteiger partial charge in [-0.15, -0.1) is 0 Å². The maximum atomic E-state index is 12.2. The van der Waals surface area contributed by atoms with Gasteiger partial charge >= 0.3 is 11.9 Å². The summed E-state index contributed by atoms with van der Waals surface area (Å²) in [5.74, 6) is 0.115. The summed E-state index contributed by atoms with van der Waals surface area (Å²) in [4.78, 5) is 24.2. The van der Waals surface area contributed by atoms with Crippen LogP contribution in [0.1, 0.15) is 33.5 Å². The van der Waals surface area contributed by atoms with Crippen molar-refractivity contribution in [3.05, 3.63) is 95.1 Å². The van der Waals surface area contributed by atoms with Crippen LogP contribution >= 0.6 is 0 Å². The molecular weight excluding hydrogens is 392 g/mol. The number of aryl methyl sites for hydroxylation is 3. The van der Waals surface area contributed by atoms with Crippen LogP contribution in [-0.4, -0.2) is 25.2 Å². The van der Waals surface area contributed by atoms with Crippen LogP contribution in [0.2, 0.25) is 0 Å². The molecule has 0 fully saturated rings. The minimum absolute atomic E-state index is 0.198. The summed E-state index contributed by atoms with van der Waals surface area (Å²) in [7, 11) is 0. The van der Waals surface area contributed by atoms with Gasteiger partial charge in [0, 0.05) is 0 Å². The molecule has 5 nitrogen and oxygen atoms in total. The molecule has 0 spiro atoms. The molecule has 0 atom stereocenters. The van der Waals surface area contributed by atoms with E-state index in [0.717, 1.165) is 24.0 Å². The summed E-state index contributed by atoms with van der Waals surface area (Å²) in [6.07, 6.45) is 1.61. The van der Waals surface area contributed by atoms with Crippen LogP contribution in [0, 0.1) is 13.8 Å². The Kier molecular flexibility index (Phi) is 7.82. The first-order chi connectivity index (χ1) is 15.0. The molecule has 0 bridgehead atoms. The summed E-state index contributed by atoms with van der Waals surface area (Å²) in [6.45, 7) is 4.00. The molecule has 0 aliphatic heterocycles. The Morgan fingerprint density at radius 3 is 2.16 bits per heavy atom. The van der Waals surface area contributed by atoms with Gasteiger partial charge in [-0.1, -0.05) is 48.5 Å². The maximum Gasteiger partial charge on any atom is 0.349 e. The Balaban J connectivity index is 1.42. The van der Waals surface area contributed by atoms with E-state index in [1.54, 1.807) is 24.3 Å². The predicted octanol–water partition coefficient (Wildman–Crippen LogP) is 5.08. The predicted molar refractivity (Wildman–Crippen MR) is 119 cm³/mol. The topological polar surface area (TPSA) is 61.8 Å². The monoisotopic (exact) mass is 418 g/mol. The van der Waals surface area contributed by atoms with E-state index in [-0.39, 0.29) is 6.61 Å². The third-order valence-corrected chi connectivity index (χ3v) is 4.75. The number of ether oxygens (including phenoxy) is 3. The summed E-state index contributed by atoms with van der Waals surface area (Å²) in [5.41, 5.74) is 3.54. The van der Waals surface area contributed by atoms with Gasteiger partial charge in [-0.3, -0.25) is 0 Å². The number of rotatable bonds is 9. The van der Waals surface area contributed by atoms with Crippen molar-refractivity contribution >= 4 is 11.9 Å². The average molecular weight is 418 g/mol. The zero-order valence-corrected chi connectivity index (χ0v) is 17.8. The largest absolute Gasteiger partial charge is 0.481 e. The molecule has 0 radical (unpaired) electrons. The summed E-state index contributed by atoms with van der Waals surface area (Å²) in [6, 6.07) is 22.1. The zero-order valence-electron chi connectivity index (χ0n) is 17.8. The molecule has 160 valence electrons. The van der Waals surface area contributed by atoms with Crippen LogP contribution in [-0.2, 0) is 16.0 Å². The Labute approximate surface area is 182 Å². The lowest BCUT2D eigenvalue weighted by Crippen LogP contribution is -2.18. The van der Waals surface area contributed by atoms with Crippen LogP contribution in [0.4, 0.5) is 0 Å². The maximum absolute atomic E-state index is 12.2. The number of benzene rings is 3. The number of para-hydroxylation sites is 1. The molecule has 5 heteroatoms. The van der Waals surface area contributed by atoms with E-state index in [9.17, 15) is 9.59 Å². The number of carbonyl (C=O) groups is 2. The summed E-state index contributed by atoms with van der Waals surface area (Å²) >= 11 is 0. The standard InChI is InChI=1S/C26H26O5/c1-19-8-6-9-20(2)25(19)30-18-24(27)31-23-15-13-22(14-16-23)26(28)29-17-7-12-21-10-4-3-5-11-21/h3-6,8-11,13-16H,7,12,17-18H2,1-2H3. The molecule has 0 amide bonds. The fourth-order valence-corrected chi connectivity index (χ4v) is 3.15. The van der Waals surface area contributed by atoms with E-state index in [1.807, 2.05) is 50.2 Å². The van der Waals surface area contributed by atoms with Gasteiger partial charge in [-0.25, -0.2) is 9.59 Å². The molecule has 3 aromatic rings. The number of hydrogen-bond acceptors (Lipinski definition) is 5. The van der Waals surface area contributed by atoms with E-state index in [1.165, 1.54) is 5.56 Å². The Morgan fingerprint density at radius 1 is 0.806 bits per heavy atom. The third-order valence-electron chi connectivity index (χ3n) is 4.75. The first-order valence-corrected chi connectivity index (χ1v) is 10.2. The second-order valence-corrected chi connectivity index (χ2v) is 7.23. The Hall–Kier alpha value is -3.60. The van der Waals surface area contributed by atoms with Crippen molar-refractivity contribution in [3.63, 3.8) is 0 Å². The number of hydrogen-bond donors (Lipinski definition) is 0. The Bertz CT molecular complexity index is 989. The van der Waals surface area contributed by atoms with Crippen molar-refractivity contribution in [1.29, 1.82) is 0 Å².